The van der Waals surface area contributed by atoms with Gasteiger partial charge in [0.1, 0.15) is 0 Å². The van der Waals surface area contributed by atoms with Gasteiger partial charge in [0.15, 0.2) is 0 Å². The Bertz CT molecular complexity index is 220. The van der Waals surface area contributed by atoms with E-state index in [9.17, 15) is 0 Å². The molecule has 0 aromatic carbocycles. The summed E-state index contributed by atoms with van der Waals surface area (Å²) in [6.45, 7) is 12.1. The fraction of sp³-hybridized carbons (Fsp3) is 0.895. The zero-order valence-corrected chi connectivity index (χ0v) is 14.4. The van der Waals surface area contributed by atoms with Gasteiger partial charge in [0.25, 0.3) is 0 Å². The lowest BCUT2D eigenvalue weighted by Gasteiger charge is -2.14. The van der Waals surface area contributed by atoms with Crippen LogP contribution in [0.15, 0.2) is 12.2 Å². The molecule has 0 aromatic heterocycles. The first-order chi connectivity index (χ1) is 9.56. The lowest BCUT2D eigenvalue weighted by molar-refractivity contribution is 0.413. The van der Waals surface area contributed by atoms with Crippen molar-refractivity contribution in [2.75, 3.05) is 6.54 Å². The molecule has 20 heavy (non-hydrogen) atoms. The summed E-state index contributed by atoms with van der Waals surface area (Å²) in [5.74, 6) is 1.69. The molecule has 0 saturated carbocycles. The molecule has 1 unspecified atom stereocenters. The third kappa shape index (κ3) is 14.1. The molecule has 0 radical (unpaired) electrons. The average Bonchev–Trinajstić information content (AvgIpc) is 2.38. The molecule has 0 aliphatic rings. The maximum Gasteiger partial charge on any atom is -0.00773 e. The van der Waals surface area contributed by atoms with Gasteiger partial charge in [-0.15, -0.1) is 0 Å². The predicted molar refractivity (Wildman–Crippen MR) is 93.0 cm³/mol. The summed E-state index contributed by atoms with van der Waals surface area (Å²) in [6.07, 6.45) is 14.6. The molecule has 0 aliphatic heterocycles. The van der Waals surface area contributed by atoms with Gasteiger partial charge in [0.05, 0.1) is 0 Å². The fourth-order valence-electron chi connectivity index (χ4n) is 2.90. The van der Waals surface area contributed by atoms with E-state index in [1.165, 1.54) is 76.2 Å². The molecule has 0 aromatic rings. The van der Waals surface area contributed by atoms with Crippen molar-refractivity contribution in [3.8, 4) is 0 Å². The fourth-order valence-corrected chi connectivity index (χ4v) is 2.90. The number of unbranched alkanes of at least 4 members (excludes halogenated alkanes) is 6. The topological polar surface area (TPSA) is 26.0 Å². The highest BCUT2D eigenvalue weighted by atomic mass is 14.5. The van der Waals surface area contributed by atoms with Crippen LogP contribution in [0.1, 0.15) is 91.4 Å². The van der Waals surface area contributed by atoms with Gasteiger partial charge < -0.3 is 5.73 Å². The Kier molecular flexibility index (Phi) is 13.5. The Labute approximate surface area is 128 Å². The lowest BCUT2D eigenvalue weighted by Crippen LogP contribution is -2.00. The Balaban J connectivity index is 3.32. The minimum absolute atomic E-state index is 0.831. The molecule has 1 nitrogen and oxygen atoms in total. The van der Waals surface area contributed by atoms with Crippen LogP contribution in [0.2, 0.25) is 0 Å². The quantitative estimate of drug-likeness (QED) is 0.303. The maximum absolute atomic E-state index is 5.49. The summed E-state index contributed by atoms with van der Waals surface area (Å²) in [6, 6.07) is 0. The molecule has 1 atom stereocenters. The van der Waals surface area contributed by atoms with Crippen LogP contribution in [0.25, 0.3) is 0 Å². The average molecular weight is 282 g/mol. The van der Waals surface area contributed by atoms with E-state index in [1.54, 1.807) is 0 Å². The predicted octanol–water partition coefficient (Wildman–Crippen LogP) is 6.08. The molecule has 0 spiro atoms. The first kappa shape index (κ1) is 19.7. The van der Waals surface area contributed by atoms with E-state index in [-0.39, 0.29) is 0 Å². The molecule has 0 bridgehead atoms. The van der Waals surface area contributed by atoms with Crippen molar-refractivity contribution in [2.24, 2.45) is 17.6 Å². The van der Waals surface area contributed by atoms with Gasteiger partial charge in [-0.2, -0.15) is 0 Å². The number of rotatable bonds is 14. The Morgan fingerprint density at radius 3 is 1.95 bits per heavy atom. The van der Waals surface area contributed by atoms with E-state index in [2.05, 4.69) is 27.4 Å². The van der Waals surface area contributed by atoms with Crippen molar-refractivity contribution in [2.45, 2.75) is 91.4 Å². The summed E-state index contributed by atoms with van der Waals surface area (Å²) in [7, 11) is 0. The largest absolute Gasteiger partial charge is 0.330 e. The second-order valence-corrected chi connectivity index (χ2v) is 7.04. The molecule has 0 rings (SSSR count). The maximum atomic E-state index is 5.49. The highest BCUT2D eigenvalue weighted by molar-refractivity contribution is 4.93. The van der Waals surface area contributed by atoms with Crippen molar-refractivity contribution in [1.29, 1.82) is 0 Å². The molecule has 0 fully saturated rings. The molecular weight excluding hydrogens is 242 g/mol. The summed E-state index contributed by atoms with van der Waals surface area (Å²) < 4.78 is 0. The summed E-state index contributed by atoms with van der Waals surface area (Å²) >= 11 is 0. The van der Waals surface area contributed by atoms with E-state index in [0.717, 1.165) is 18.4 Å². The van der Waals surface area contributed by atoms with Crippen LogP contribution in [-0.4, -0.2) is 6.54 Å². The SMILES string of the molecule is C=C(CCCCCCCCCN)CCC(C)CC(C)C. The first-order valence-corrected chi connectivity index (χ1v) is 8.93. The summed E-state index contributed by atoms with van der Waals surface area (Å²) in [5.41, 5.74) is 6.97. The second-order valence-electron chi connectivity index (χ2n) is 7.04. The Morgan fingerprint density at radius 1 is 0.850 bits per heavy atom. The van der Waals surface area contributed by atoms with Crippen LogP contribution in [-0.2, 0) is 0 Å². The van der Waals surface area contributed by atoms with E-state index >= 15 is 0 Å². The van der Waals surface area contributed by atoms with Crippen LogP contribution >= 0.6 is 0 Å². The second kappa shape index (κ2) is 13.7. The monoisotopic (exact) mass is 281 g/mol. The van der Waals surface area contributed by atoms with Crippen molar-refractivity contribution >= 4 is 0 Å². The number of nitrogens with two attached hydrogens (primary N) is 1. The van der Waals surface area contributed by atoms with Gasteiger partial charge >= 0.3 is 0 Å². The molecule has 1 heteroatoms. The van der Waals surface area contributed by atoms with Crippen LogP contribution < -0.4 is 5.73 Å². The third-order valence-corrected chi connectivity index (χ3v) is 4.10. The van der Waals surface area contributed by atoms with Crippen molar-refractivity contribution in [1.82, 2.24) is 0 Å². The van der Waals surface area contributed by atoms with Crippen LogP contribution in [0.5, 0.6) is 0 Å². The van der Waals surface area contributed by atoms with Crippen LogP contribution in [0, 0.1) is 11.8 Å². The minimum Gasteiger partial charge on any atom is -0.330 e. The molecule has 0 aliphatic carbocycles. The van der Waals surface area contributed by atoms with Gasteiger partial charge in [-0.05, 0) is 56.9 Å². The summed E-state index contributed by atoms with van der Waals surface area (Å²) in [5, 5.41) is 0. The van der Waals surface area contributed by atoms with Crippen LogP contribution in [0.4, 0.5) is 0 Å². The van der Waals surface area contributed by atoms with Crippen LogP contribution in [0.3, 0.4) is 0 Å². The van der Waals surface area contributed by atoms with E-state index < -0.39 is 0 Å². The summed E-state index contributed by atoms with van der Waals surface area (Å²) in [4.78, 5) is 0. The number of hydrogen-bond donors (Lipinski definition) is 1. The Morgan fingerprint density at radius 2 is 1.40 bits per heavy atom. The van der Waals surface area contributed by atoms with Gasteiger partial charge in [0.2, 0.25) is 0 Å². The van der Waals surface area contributed by atoms with E-state index in [0.29, 0.717) is 0 Å². The van der Waals surface area contributed by atoms with Crippen molar-refractivity contribution < 1.29 is 0 Å². The molecule has 0 amide bonds. The van der Waals surface area contributed by atoms with Gasteiger partial charge in [-0.25, -0.2) is 0 Å². The normalized spacial score (nSPS) is 12.8. The zero-order valence-electron chi connectivity index (χ0n) is 14.4. The standard InChI is InChI=1S/C19H39N/c1-17(2)16-19(4)14-13-18(3)12-10-8-6-5-7-9-11-15-20/h17,19H,3,5-16,20H2,1-2,4H3. The van der Waals surface area contributed by atoms with Gasteiger partial charge in [-0.3, -0.25) is 0 Å². The van der Waals surface area contributed by atoms with E-state index in [1.807, 2.05) is 0 Å². The van der Waals surface area contributed by atoms with Crippen molar-refractivity contribution in [3.63, 3.8) is 0 Å². The third-order valence-electron chi connectivity index (χ3n) is 4.10. The molecule has 0 heterocycles. The molecular formula is C19H39N. The van der Waals surface area contributed by atoms with Gasteiger partial charge in [0, 0.05) is 0 Å². The molecule has 2 N–H and O–H groups in total. The molecule has 0 saturated heterocycles. The molecule has 120 valence electrons. The minimum atomic E-state index is 0.831. The van der Waals surface area contributed by atoms with Gasteiger partial charge in [-0.1, -0.05) is 65.0 Å². The highest BCUT2D eigenvalue weighted by Crippen LogP contribution is 2.21. The van der Waals surface area contributed by atoms with E-state index in [4.69, 9.17) is 5.73 Å². The smallest absolute Gasteiger partial charge is 0.00773 e. The van der Waals surface area contributed by atoms with Crippen molar-refractivity contribution in [3.05, 3.63) is 12.2 Å². The zero-order chi connectivity index (χ0) is 15.2. The Hall–Kier alpha value is -0.300. The lowest BCUT2D eigenvalue weighted by atomic mass is 9.92. The number of hydrogen-bond acceptors (Lipinski definition) is 1. The highest BCUT2D eigenvalue weighted by Gasteiger charge is 2.05. The number of allylic oxidation sites excluding steroid dienone is 1. The first-order valence-electron chi connectivity index (χ1n) is 8.93.